The van der Waals surface area contributed by atoms with Crippen LogP contribution in [0.1, 0.15) is 11.1 Å². The summed E-state index contributed by atoms with van der Waals surface area (Å²) in [6, 6.07) is 7.83. The molecule has 3 nitrogen and oxygen atoms in total. The largest absolute Gasteiger partial charge is 0.386 e. The molecule has 0 unspecified atom stereocenters. The van der Waals surface area contributed by atoms with E-state index >= 15 is 0 Å². The van der Waals surface area contributed by atoms with E-state index in [0.717, 1.165) is 5.56 Å². The molecule has 1 aromatic carbocycles. The first-order chi connectivity index (χ1) is 7.65. The molecule has 0 spiro atoms. The van der Waals surface area contributed by atoms with Gasteiger partial charge in [0.1, 0.15) is 0 Å². The van der Waals surface area contributed by atoms with Crippen molar-refractivity contribution in [3.05, 3.63) is 53.1 Å². The molecule has 0 radical (unpaired) electrons. The average molecular weight is 214 g/mol. The molecule has 0 atom stereocenters. The summed E-state index contributed by atoms with van der Waals surface area (Å²) in [4.78, 5) is 21.9. The van der Waals surface area contributed by atoms with Crippen molar-refractivity contribution in [2.75, 3.05) is 0 Å². The van der Waals surface area contributed by atoms with Crippen molar-refractivity contribution < 1.29 is 14.3 Å². The summed E-state index contributed by atoms with van der Waals surface area (Å²) in [7, 11) is 0. The van der Waals surface area contributed by atoms with Gasteiger partial charge < -0.3 is 4.74 Å². The molecule has 1 aliphatic rings. The van der Waals surface area contributed by atoms with Crippen molar-refractivity contribution in [1.82, 2.24) is 0 Å². The van der Waals surface area contributed by atoms with Crippen LogP contribution in [0.4, 0.5) is 0 Å². The Hall–Kier alpha value is -2.16. The lowest BCUT2D eigenvalue weighted by Crippen LogP contribution is -2.00. The lowest BCUT2D eigenvalue weighted by molar-refractivity contribution is -0.150. The number of benzene rings is 1. The molecule has 0 saturated carbocycles. The second kappa shape index (κ2) is 4.14. The van der Waals surface area contributed by atoms with Crippen molar-refractivity contribution in [3.8, 4) is 0 Å². The van der Waals surface area contributed by atoms with Gasteiger partial charge in [0.15, 0.2) is 0 Å². The predicted molar refractivity (Wildman–Crippen MR) is 59.4 cm³/mol. The zero-order chi connectivity index (χ0) is 11.5. The summed E-state index contributed by atoms with van der Waals surface area (Å²) in [5, 5.41) is 0. The first-order valence-electron chi connectivity index (χ1n) is 4.88. The molecule has 0 fully saturated rings. The third kappa shape index (κ3) is 2.25. The summed E-state index contributed by atoms with van der Waals surface area (Å²) < 4.78 is 4.36. The smallest absolute Gasteiger partial charge is 0.346 e. The van der Waals surface area contributed by atoms with Crippen molar-refractivity contribution in [2.24, 2.45) is 0 Å². The normalized spacial score (nSPS) is 15.4. The molecule has 1 aromatic rings. The van der Waals surface area contributed by atoms with Gasteiger partial charge in [-0.2, -0.15) is 0 Å². The third-order valence-electron chi connectivity index (χ3n) is 2.24. The number of cyclic esters (lactones) is 2. The van der Waals surface area contributed by atoms with Crippen molar-refractivity contribution >= 4 is 18.0 Å². The molecule has 0 saturated heterocycles. The minimum absolute atomic E-state index is 0.283. The van der Waals surface area contributed by atoms with Crippen LogP contribution >= 0.6 is 0 Å². The van der Waals surface area contributed by atoms with Gasteiger partial charge in [0.25, 0.3) is 0 Å². The summed E-state index contributed by atoms with van der Waals surface area (Å²) in [6.45, 7) is 2.00. The van der Waals surface area contributed by atoms with Crippen LogP contribution in [0.5, 0.6) is 0 Å². The molecule has 3 heteroatoms. The molecule has 2 rings (SSSR count). The standard InChI is InChI=1S/C13H10O3/c1-9-2-4-10(5-3-9)6-7-11-8-12(14)16-13(11)15/h2-8H,1H3. The van der Waals surface area contributed by atoms with Crippen LogP contribution in [0, 0.1) is 6.92 Å². The molecule has 0 amide bonds. The Kier molecular flexibility index (Phi) is 2.68. The number of aryl methyl sites for hydroxylation is 1. The van der Waals surface area contributed by atoms with Crippen molar-refractivity contribution in [1.29, 1.82) is 0 Å². The van der Waals surface area contributed by atoms with Crippen LogP contribution in [0.3, 0.4) is 0 Å². The van der Waals surface area contributed by atoms with Gasteiger partial charge in [0, 0.05) is 6.08 Å². The quantitative estimate of drug-likeness (QED) is 0.558. The minimum atomic E-state index is -0.603. The lowest BCUT2D eigenvalue weighted by atomic mass is 10.1. The SMILES string of the molecule is Cc1ccc(C=CC2=CC(=O)OC2=O)cc1. The summed E-state index contributed by atoms with van der Waals surface area (Å²) in [6.07, 6.45) is 4.54. The molecule has 16 heavy (non-hydrogen) atoms. The van der Waals surface area contributed by atoms with Gasteiger partial charge in [-0.25, -0.2) is 9.59 Å². The highest BCUT2D eigenvalue weighted by Crippen LogP contribution is 2.12. The fraction of sp³-hybridized carbons (Fsp3) is 0.0769. The van der Waals surface area contributed by atoms with E-state index in [-0.39, 0.29) is 5.57 Å². The maximum atomic E-state index is 11.1. The maximum Gasteiger partial charge on any atom is 0.346 e. The Balaban J connectivity index is 2.16. The van der Waals surface area contributed by atoms with Gasteiger partial charge >= 0.3 is 11.9 Å². The minimum Gasteiger partial charge on any atom is -0.386 e. The number of carbonyl (C=O) groups is 2. The zero-order valence-electron chi connectivity index (χ0n) is 8.77. The predicted octanol–water partition coefficient (Wildman–Crippen LogP) is 2.02. The monoisotopic (exact) mass is 214 g/mol. The number of hydrogen-bond acceptors (Lipinski definition) is 3. The Morgan fingerprint density at radius 2 is 1.75 bits per heavy atom. The highest BCUT2D eigenvalue weighted by atomic mass is 16.6. The van der Waals surface area contributed by atoms with Crippen LogP contribution in [0.2, 0.25) is 0 Å². The number of hydrogen-bond donors (Lipinski definition) is 0. The van der Waals surface area contributed by atoms with Gasteiger partial charge in [0.2, 0.25) is 0 Å². The number of rotatable bonds is 2. The second-order valence-electron chi connectivity index (χ2n) is 3.55. The maximum absolute atomic E-state index is 11.1. The van der Waals surface area contributed by atoms with Gasteiger partial charge in [-0.15, -0.1) is 0 Å². The molecule has 80 valence electrons. The average Bonchev–Trinajstić information content (AvgIpc) is 2.57. The number of carbonyl (C=O) groups excluding carboxylic acids is 2. The molecule has 0 aromatic heterocycles. The van der Waals surface area contributed by atoms with Crippen molar-refractivity contribution in [3.63, 3.8) is 0 Å². The summed E-state index contributed by atoms with van der Waals surface area (Å²) in [5.74, 6) is -1.19. The van der Waals surface area contributed by atoms with Crippen LogP contribution in [0.15, 0.2) is 42.0 Å². The molecule has 0 bridgehead atoms. The van der Waals surface area contributed by atoms with Crippen molar-refractivity contribution in [2.45, 2.75) is 6.92 Å². The van der Waals surface area contributed by atoms with Gasteiger partial charge in [0.05, 0.1) is 5.57 Å². The van der Waals surface area contributed by atoms with Crippen LogP contribution in [0.25, 0.3) is 6.08 Å². The highest BCUT2D eigenvalue weighted by molar-refractivity contribution is 6.10. The molecule has 1 heterocycles. The van der Waals surface area contributed by atoms with E-state index in [1.54, 1.807) is 12.2 Å². The molecule has 1 aliphatic heterocycles. The number of ether oxygens (including phenoxy) is 1. The molecular weight excluding hydrogens is 204 g/mol. The van der Waals surface area contributed by atoms with Crippen LogP contribution < -0.4 is 0 Å². The fourth-order valence-corrected chi connectivity index (χ4v) is 1.35. The van der Waals surface area contributed by atoms with Crippen LogP contribution in [-0.2, 0) is 14.3 Å². The fourth-order valence-electron chi connectivity index (χ4n) is 1.35. The van der Waals surface area contributed by atoms with Gasteiger partial charge in [-0.1, -0.05) is 35.9 Å². The first kappa shape index (κ1) is 10.4. The Morgan fingerprint density at radius 1 is 1.06 bits per heavy atom. The van der Waals surface area contributed by atoms with Crippen LogP contribution in [-0.4, -0.2) is 11.9 Å². The third-order valence-corrected chi connectivity index (χ3v) is 2.24. The summed E-state index contributed by atoms with van der Waals surface area (Å²) in [5.41, 5.74) is 2.43. The van der Waals surface area contributed by atoms with E-state index in [2.05, 4.69) is 4.74 Å². The molecular formula is C13H10O3. The van der Waals surface area contributed by atoms with E-state index in [1.165, 1.54) is 11.6 Å². The Labute approximate surface area is 93.0 Å². The van der Waals surface area contributed by atoms with E-state index in [0.29, 0.717) is 0 Å². The molecule has 0 N–H and O–H groups in total. The summed E-state index contributed by atoms with van der Waals surface area (Å²) >= 11 is 0. The van der Waals surface area contributed by atoms with Gasteiger partial charge in [-0.3, -0.25) is 0 Å². The zero-order valence-corrected chi connectivity index (χ0v) is 8.77. The Bertz CT molecular complexity index is 492. The number of esters is 2. The van der Waals surface area contributed by atoms with E-state index < -0.39 is 11.9 Å². The van der Waals surface area contributed by atoms with E-state index in [9.17, 15) is 9.59 Å². The first-order valence-corrected chi connectivity index (χ1v) is 4.88. The highest BCUT2D eigenvalue weighted by Gasteiger charge is 2.20. The van der Waals surface area contributed by atoms with E-state index in [1.807, 2.05) is 31.2 Å². The Morgan fingerprint density at radius 3 is 2.31 bits per heavy atom. The topological polar surface area (TPSA) is 43.4 Å². The second-order valence-corrected chi connectivity index (χ2v) is 3.55. The lowest BCUT2D eigenvalue weighted by Gasteiger charge is -1.94. The van der Waals surface area contributed by atoms with Gasteiger partial charge in [-0.05, 0) is 18.6 Å². The molecule has 0 aliphatic carbocycles. The van der Waals surface area contributed by atoms with E-state index in [4.69, 9.17) is 0 Å².